The molecule has 0 aliphatic rings. The minimum absolute atomic E-state index is 0.179. The van der Waals surface area contributed by atoms with Crippen molar-refractivity contribution in [2.45, 2.75) is 52.6 Å². The highest BCUT2D eigenvalue weighted by molar-refractivity contribution is 6.31. The standard InChI is InChI=1S/C40H36Cl2N2O2/c1-3-5-25-43-37(29-13-9-7-10-14-29)33(27-17-21-31(41)22-18-27)36-35(39(43)45)34(28-19-23-32(42)24-20-28)38(30-15-11-8-12-16-30)44(40(36)46)26-6-4-2/h7-24H,3-6,25-26H2,1-2H3. The summed E-state index contributed by atoms with van der Waals surface area (Å²) in [7, 11) is 0. The number of nitrogens with zero attached hydrogens (tertiary/aromatic N) is 2. The summed E-state index contributed by atoms with van der Waals surface area (Å²) in [6.07, 6.45) is 3.43. The third-order valence-electron chi connectivity index (χ3n) is 8.51. The van der Waals surface area contributed by atoms with E-state index in [0.29, 0.717) is 33.9 Å². The molecule has 46 heavy (non-hydrogen) atoms. The predicted octanol–water partition coefficient (Wildman–Crippen LogP) is 10.7. The first-order valence-corrected chi connectivity index (χ1v) is 16.7. The Kier molecular flexibility index (Phi) is 9.58. The first kappa shape index (κ1) is 31.6. The van der Waals surface area contributed by atoms with E-state index in [9.17, 15) is 0 Å². The Morgan fingerprint density at radius 3 is 1.15 bits per heavy atom. The molecule has 0 spiro atoms. The third kappa shape index (κ3) is 5.95. The van der Waals surface area contributed by atoms with Crippen LogP contribution in [0.2, 0.25) is 10.0 Å². The smallest absolute Gasteiger partial charge is 0.259 e. The molecule has 0 aliphatic carbocycles. The first-order chi connectivity index (χ1) is 22.4. The van der Waals surface area contributed by atoms with E-state index >= 15 is 9.59 Å². The van der Waals surface area contributed by atoms with Crippen LogP contribution in [0, 0.1) is 0 Å². The van der Waals surface area contributed by atoms with Gasteiger partial charge in [-0.1, -0.05) is 135 Å². The van der Waals surface area contributed by atoms with Crippen molar-refractivity contribution in [3.63, 3.8) is 0 Å². The Bertz CT molecular complexity index is 1950. The van der Waals surface area contributed by atoms with Crippen LogP contribution in [0.3, 0.4) is 0 Å². The van der Waals surface area contributed by atoms with Crippen molar-refractivity contribution < 1.29 is 0 Å². The number of unbranched alkanes of at least 4 members (excludes halogenated alkanes) is 2. The molecule has 2 aromatic heterocycles. The topological polar surface area (TPSA) is 44.0 Å². The van der Waals surface area contributed by atoms with E-state index in [2.05, 4.69) is 13.8 Å². The fourth-order valence-electron chi connectivity index (χ4n) is 6.30. The molecule has 0 radical (unpaired) electrons. The van der Waals surface area contributed by atoms with Crippen LogP contribution in [0.1, 0.15) is 39.5 Å². The Morgan fingerprint density at radius 1 is 0.478 bits per heavy atom. The largest absolute Gasteiger partial charge is 0.307 e. The van der Waals surface area contributed by atoms with Crippen LogP contribution in [0.5, 0.6) is 0 Å². The van der Waals surface area contributed by atoms with Crippen LogP contribution in [0.25, 0.3) is 55.5 Å². The zero-order chi connectivity index (χ0) is 32.2. The van der Waals surface area contributed by atoms with Crippen molar-refractivity contribution in [3.8, 4) is 44.8 Å². The lowest BCUT2D eigenvalue weighted by Gasteiger charge is -2.25. The van der Waals surface area contributed by atoms with Crippen molar-refractivity contribution in [2.75, 3.05) is 0 Å². The summed E-state index contributed by atoms with van der Waals surface area (Å²) in [6, 6.07) is 35.0. The van der Waals surface area contributed by atoms with Crippen LogP contribution < -0.4 is 11.1 Å². The van der Waals surface area contributed by atoms with Gasteiger partial charge in [0.15, 0.2) is 0 Å². The zero-order valence-corrected chi connectivity index (χ0v) is 27.6. The van der Waals surface area contributed by atoms with E-state index < -0.39 is 0 Å². The van der Waals surface area contributed by atoms with E-state index in [-0.39, 0.29) is 11.1 Å². The van der Waals surface area contributed by atoms with Gasteiger partial charge in [-0.3, -0.25) is 9.59 Å². The minimum Gasteiger partial charge on any atom is -0.307 e. The molecule has 0 saturated heterocycles. The summed E-state index contributed by atoms with van der Waals surface area (Å²) < 4.78 is 3.77. The number of halogens is 2. The fourth-order valence-corrected chi connectivity index (χ4v) is 6.56. The molecule has 0 N–H and O–H groups in total. The second kappa shape index (κ2) is 13.9. The van der Waals surface area contributed by atoms with Gasteiger partial charge in [0.1, 0.15) is 0 Å². The third-order valence-corrected chi connectivity index (χ3v) is 9.02. The monoisotopic (exact) mass is 646 g/mol. The van der Waals surface area contributed by atoms with Gasteiger partial charge in [-0.25, -0.2) is 0 Å². The van der Waals surface area contributed by atoms with E-state index in [1.807, 2.05) is 118 Å². The lowest BCUT2D eigenvalue weighted by Crippen LogP contribution is -2.30. The van der Waals surface area contributed by atoms with E-state index in [4.69, 9.17) is 23.2 Å². The molecule has 0 aliphatic heterocycles. The fraction of sp³-hybridized carbons (Fsp3) is 0.200. The maximum absolute atomic E-state index is 15.2. The van der Waals surface area contributed by atoms with Crippen LogP contribution in [-0.2, 0) is 13.1 Å². The Labute approximate surface area is 279 Å². The highest BCUT2D eigenvalue weighted by atomic mass is 35.5. The molecule has 4 nitrogen and oxygen atoms in total. The van der Waals surface area contributed by atoms with Gasteiger partial charge >= 0.3 is 0 Å². The highest BCUT2D eigenvalue weighted by Gasteiger charge is 2.28. The van der Waals surface area contributed by atoms with Gasteiger partial charge in [0.25, 0.3) is 11.1 Å². The molecule has 232 valence electrons. The number of hydrogen-bond acceptors (Lipinski definition) is 2. The Morgan fingerprint density at radius 2 is 0.826 bits per heavy atom. The number of rotatable bonds is 10. The van der Waals surface area contributed by atoms with Crippen molar-refractivity contribution in [3.05, 3.63) is 140 Å². The highest BCUT2D eigenvalue weighted by Crippen LogP contribution is 2.42. The molecular weight excluding hydrogens is 611 g/mol. The molecule has 4 aromatic carbocycles. The summed E-state index contributed by atoms with van der Waals surface area (Å²) in [4.78, 5) is 30.3. The number of fused-ring (bicyclic) bond motifs is 1. The van der Waals surface area contributed by atoms with Crippen LogP contribution in [-0.4, -0.2) is 9.13 Å². The normalized spacial score (nSPS) is 11.3. The van der Waals surface area contributed by atoms with Gasteiger partial charge in [-0.15, -0.1) is 0 Å². The predicted molar refractivity (Wildman–Crippen MR) is 194 cm³/mol. The van der Waals surface area contributed by atoms with Crippen molar-refractivity contribution >= 4 is 34.0 Å². The zero-order valence-electron chi connectivity index (χ0n) is 26.1. The Balaban J connectivity index is 1.94. The van der Waals surface area contributed by atoms with Crippen LogP contribution in [0.4, 0.5) is 0 Å². The maximum atomic E-state index is 15.2. The van der Waals surface area contributed by atoms with Gasteiger partial charge in [0, 0.05) is 34.3 Å². The van der Waals surface area contributed by atoms with Crippen molar-refractivity contribution in [2.24, 2.45) is 0 Å². The maximum Gasteiger partial charge on any atom is 0.259 e. The van der Waals surface area contributed by atoms with Crippen LogP contribution >= 0.6 is 23.2 Å². The summed E-state index contributed by atoms with van der Waals surface area (Å²) in [5, 5.41) is 2.03. The van der Waals surface area contributed by atoms with Gasteiger partial charge in [0.05, 0.1) is 22.2 Å². The molecule has 0 saturated carbocycles. The van der Waals surface area contributed by atoms with Gasteiger partial charge in [-0.05, 0) is 59.4 Å². The molecule has 6 rings (SSSR count). The van der Waals surface area contributed by atoms with Gasteiger partial charge in [-0.2, -0.15) is 0 Å². The summed E-state index contributed by atoms with van der Waals surface area (Å²) in [6.45, 7) is 5.26. The molecule has 0 fully saturated rings. The summed E-state index contributed by atoms with van der Waals surface area (Å²) >= 11 is 12.8. The summed E-state index contributed by atoms with van der Waals surface area (Å²) in [5.74, 6) is 0. The SMILES string of the molecule is CCCCn1c(-c2ccccc2)c(-c2ccc(Cl)cc2)c2c(=O)n(CCCC)c(-c3ccccc3)c(-c3ccc(Cl)cc3)c2c1=O. The quantitative estimate of drug-likeness (QED) is 0.149. The molecule has 6 heteroatoms. The molecule has 6 aromatic rings. The number of pyridine rings is 2. The lowest BCUT2D eigenvalue weighted by atomic mass is 9.88. The van der Waals surface area contributed by atoms with Crippen LogP contribution in [0.15, 0.2) is 119 Å². The number of benzene rings is 4. The van der Waals surface area contributed by atoms with Gasteiger partial charge < -0.3 is 9.13 Å². The number of aromatic nitrogens is 2. The first-order valence-electron chi connectivity index (χ1n) is 15.9. The van der Waals surface area contributed by atoms with Crippen molar-refractivity contribution in [1.82, 2.24) is 9.13 Å². The summed E-state index contributed by atoms with van der Waals surface area (Å²) in [5.41, 5.74) is 6.00. The average Bonchev–Trinajstić information content (AvgIpc) is 3.09. The molecular formula is C40H36Cl2N2O2. The minimum atomic E-state index is -0.179. The van der Waals surface area contributed by atoms with E-state index in [0.717, 1.165) is 70.5 Å². The second-order valence-corrected chi connectivity index (χ2v) is 12.4. The van der Waals surface area contributed by atoms with Gasteiger partial charge in [0.2, 0.25) is 0 Å². The molecule has 0 unspecified atom stereocenters. The van der Waals surface area contributed by atoms with E-state index in [1.54, 1.807) is 0 Å². The second-order valence-electron chi connectivity index (χ2n) is 11.6. The Hall–Kier alpha value is -4.38. The van der Waals surface area contributed by atoms with Crippen molar-refractivity contribution in [1.29, 1.82) is 0 Å². The molecule has 0 atom stereocenters. The average molecular weight is 648 g/mol. The molecule has 0 amide bonds. The number of hydrogen-bond donors (Lipinski definition) is 0. The molecule has 0 bridgehead atoms. The molecule has 2 heterocycles. The lowest BCUT2D eigenvalue weighted by molar-refractivity contribution is 0.617. The van der Waals surface area contributed by atoms with E-state index in [1.165, 1.54) is 0 Å².